The van der Waals surface area contributed by atoms with Crippen LogP contribution in [0.25, 0.3) is 0 Å². The topological polar surface area (TPSA) is 83.0 Å². The van der Waals surface area contributed by atoms with E-state index in [0.717, 1.165) is 6.33 Å². The minimum atomic E-state index is -1.13. The third kappa shape index (κ3) is 3.11. The van der Waals surface area contributed by atoms with Gasteiger partial charge in [0.25, 0.3) is 5.56 Å². The molecule has 104 valence electrons. The first-order valence-electron chi connectivity index (χ1n) is 5.69. The third-order valence-electron chi connectivity index (χ3n) is 2.78. The minimum absolute atomic E-state index is 0.0438. The van der Waals surface area contributed by atoms with Gasteiger partial charge in [-0.1, -0.05) is 12.1 Å². The van der Waals surface area contributed by atoms with E-state index in [9.17, 15) is 19.1 Å². The van der Waals surface area contributed by atoms with Gasteiger partial charge in [-0.3, -0.25) is 9.59 Å². The van der Waals surface area contributed by atoms with Crippen molar-refractivity contribution in [2.45, 2.75) is 12.3 Å². The van der Waals surface area contributed by atoms with Crippen molar-refractivity contribution in [1.29, 1.82) is 0 Å². The smallest absolute Gasteiger partial charge is 0.312 e. The van der Waals surface area contributed by atoms with Crippen LogP contribution in [0.15, 0.2) is 39.9 Å². The van der Waals surface area contributed by atoms with Crippen LogP contribution in [0.2, 0.25) is 0 Å². The quantitative estimate of drug-likeness (QED) is 0.892. The molecular weight excluding hydrogens is 331 g/mol. The molecule has 2 rings (SSSR count). The lowest BCUT2D eigenvalue weighted by molar-refractivity contribution is -0.138. The molecule has 2 N–H and O–H groups in total. The van der Waals surface area contributed by atoms with Gasteiger partial charge in [-0.2, -0.15) is 0 Å². The van der Waals surface area contributed by atoms with Crippen molar-refractivity contribution in [3.8, 4) is 0 Å². The zero-order valence-corrected chi connectivity index (χ0v) is 11.7. The van der Waals surface area contributed by atoms with Gasteiger partial charge in [0, 0.05) is 0 Å². The largest absolute Gasteiger partial charge is 0.481 e. The molecule has 0 saturated carbocycles. The van der Waals surface area contributed by atoms with Crippen LogP contribution in [0.5, 0.6) is 0 Å². The van der Waals surface area contributed by atoms with Crippen LogP contribution >= 0.6 is 15.9 Å². The molecule has 0 saturated heterocycles. The highest BCUT2D eigenvalue weighted by molar-refractivity contribution is 9.10. The van der Waals surface area contributed by atoms with Gasteiger partial charge in [-0.25, -0.2) is 9.37 Å². The number of rotatable bonds is 4. The van der Waals surface area contributed by atoms with E-state index in [1.54, 1.807) is 6.07 Å². The first kappa shape index (κ1) is 14.4. The molecule has 0 radical (unpaired) electrons. The number of carboxylic acids is 1. The van der Waals surface area contributed by atoms with Gasteiger partial charge < -0.3 is 10.1 Å². The van der Waals surface area contributed by atoms with Gasteiger partial charge >= 0.3 is 5.97 Å². The highest BCUT2D eigenvalue weighted by Gasteiger charge is 2.25. The lowest BCUT2D eigenvalue weighted by Gasteiger charge is -2.13. The first-order chi connectivity index (χ1) is 9.49. The van der Waals surface area contributed by atoms with Crippen LogP contribution in [-0.2, 0) is 11.2 Å². The minimum Gasteiger partial charge on any atom is -0.481 e. The summed E-state index contributed by atoms with van der Waals surface area (Å²) in [5.41, 5.74) is 0.178. The molecule has 0 fully saturated rings. The van der Waals surface area contributed by atoms with Crippen molar-refractivity contribution in [3.63, 3.8) is 0 Å². The molecule has 1 unspecified atom stereocenters. The Morgan fingerprint density at radius 3 is 2.90 bits per heavy atom. The highest BCUT2D eigenvalue weighted by atomic mass is 79.9. The summed E-state index contributed by atoms with van der Waals surface area (Å²) in [7, 11) is 0. The average Bonchev–Trinajstić information content (AvgIpc) is 2.39. The Labute approximate surface area is 121 Å². The first-order valence-corrected chi connectivity index (χ1v) is 6.48. The fourth-order valence-electron chi connectivity index (χ4n) is 1.84. The number of nitrogens with zero attached hydrogens (tertiary/aromatic N) is 1. The second-order valence-electron chi connectivity index (χ2n) is 4.16. The van der Waals surface area contributed by atoms with Crippen LogP contribution in [0.4, 0.5) is 4.39 Å². The molecule has 7 heteroatoms. The van der Waals surface area contributed by atoms with Gasteiger partial charge in [0.05, 0.1) is 12.0 Å². The zero-order valence-electron chi connectivity index (χ0n) is 10.1. The van der Waals surface area contributed by atoms with Crippen LogP contribution in [0, 0.1) is 5.82 Å². The molecule has 0 bridgehead atoms. The predicted octanol–water partition coefficient (Wildman–Crippen LogP) is 2.08. The van der Waals surface area contributed by atoms with Crippen LogP contribution in [0.3, 0.4) is 0 Å². The van der Waals surface area contributed by atoms with Crippen molar-refractivity contribution in [2.75, 3.05) is 0 Å². The normalized spacial score (nSPS) is 12.1. The van der Waals surface area contributed by atoms with E-state index in [4.69, 9.17) is 0 Å². The number of carbonyl (C=O) groups is 1. The van der Waals surface area contributed by atoms with Gasteiger partial charge in [0.1, 0.15) is 16.2 Å². The number of benzene rings is 1. The molecule has 0 amide bonds. The number of aromatic amines is 1. The van der Waals surface area contributed by atoms with Crippen molar-refractivity contribution >= 4 is 21.9 Å². The molecule has 20 heavy (non-hydrogen) atoms. The third-order valence-corrected chi connectivity index (χ3v) is 3.55. The summed E-state index contributed by atoms with van der Waals surface area (Å²) in [5.74, 6) is -2.61. The van der Waals surface area contributed by atoms with E-state index in [0.29, 0.717) is 5.56 Å². The van der Waals surface area contributed by atoms with Gasteiger partial charge in [0.15, 0.2) is 0 Å². The van der Waals surface area contributed by atoms with Crippen molar-refractivity contribution in [2.24, 2.45) is 0 Å². The lowest BCUT2D eigenvalue weighted by Crippen LogP contribution is -2.20. The Hall–Kier alpha value is -2.02. The Morgan fingerprint density at radius 1 is 1.50 bits per heavy atom. The fourth-order valence-corrected chi connectivity index (χ4v) is 2.33. The van der Waals surface area contributed by atoms with E-state index in [1.165, 1.54) is 18.2 Å². The maximum atomic E-state index is 13.1. The second-order valence-corrected chi connectivity index (χ2v) is 4.95. The van der Waals surface area contributed by atoms with Gasteiger partial charge in [-0.15, -0.1) is 0 Å². The van der Waals surface area contributed by atoms with E-state index in [-0.39, 0.29) is 16.6 Å². The monoisotopic (exact) mass is 340 g/mol. The molecule has 1 aromatic carbocycles. The standard InChI is InChI=1S/C13H10BrFN2O3/c14-10-11(16-6-17-12(10)18)9(13(19)20)5-7-2-1-3-8(15)4-7/h1-4,6,9H,5H2,(H,19,20)(H,16,17,18). The molecule has 2 aromatic rings. The Morgan fingerprint density at radius 2 is 2.25 bits per heavy atom. The van der Waals surface area contributed by atoms with Gasteiger partial charge in [0.2, 0.25) is 0 Å². The van der Waals surface area contributed by atoms with E-state index < -0.39 is 23.3 Å². The molecule has 0 aliphatic rings. The Bertz CT molecular complexity index is 702. The average molecular weight is 341 g/mol. The Kier molecular flexibility index (Phi) is 4.29. The summed E-state index contributed by atoms with van der Waals surface area (Å²) in [6.07, 6.45) is 1.19. The molecule has 0 spiro atoms. The zero-order chi connectivity index (χ0) is 14.7. The number of halogens is 2. The molecule has 5 nitrogen and oxygen atoms in total. The van der Waals surface area contributed by atoms with E-state index in [1.807, 2.05) is 0 Å². The Balaban J connectivity index is 2.40. The number of hydrogen-bond donors (Lipinski definition) is 2. The summed E-state index contributed by atoms with van der Waals surface area (Å²) >= 11 is 3.03. The molecule has 1 heterocycles. The summed E-state index contributed by atoms with van der Waals surface area (Å²) in [6, 6.07) is 5.67. The van der Waals surface area contributed by atoms with Crippen molar-refractivity contribution in [3.05, 3.63) is 62.5 Å². The number of aliphatic carboxylic acids is 1. The molecule has 1 atom stereocenters. The number of aromatic nitrogens is 2. The SMILES string of the molecule is O=C(O)C(Cc1cccc(F)c1)c1nc[nH]c(=O)c1Br. The number of carboxylic acid groups (broad SMARTS) is 1. The molecule has 1 aromatic heterocycles. The fraction of sp³-hybridized carbons (Fsp3) is 0.154. The highest BCUT2D eigenvalue weighted by Crippen LogP contribution is 2.24. The van der Waals surface area contributed by atoms with Crippen molar-refractivity contribution in [1.82, 2.24) is 9.97 Å². The lowest BCUT2D eigenvalue weighted by atomic mass is 9.96. The van der Waals surface area contributed by atoms with Crippen LogP contribution < -0.4 is 5.56 Å². The summed E-state index contributed by atoms with van der Waals surface area (Å²) < 4.78 is 13.2. The summed E-state index contributed by atoms with van der Waals surface area (Å²) in [4.78, 5) is 29.1. The maximum Gasteiger partial charge on any atom is 0.312 e. The molecule has 0 aliphatic carbocycles. The second kappa shape index (κ2) is 5.96. The predicted molar refractivity (Wildman–Crippen MR) is 73.0 cm³/mol. The summed E-state index contributed by atoms with van der Waals surface area (Å²) in [5, 5.41) is 9.31. The van der Waals surface area contributed by atoms with E-state index in [2.05, 4.69) is 25.9 Å². The summed E-state index contributed by atoms with van der Waals surface area (Å²) in [6.45, 7) is 0. The van der Waals surface area contributed by atoms with E-state index >= 15 is 0 Å². The maximum absolute atomic E-state index is 13.1. The van der Waals surface area contributed by atoms with Crippen LogP contribution in [0.1, 0.15) is 17.2 Å². The number of nitrogens with one attached hydrogen (secondary N) is 1. The van der Waals surface area contributed by atoms with Crippen LogP contribution in [-0.4, -0.2) is 21.0 Å². The molecular formula is C13H10BrFN2O3. The molecule has 0 aliphatic heterocycles. The van der Waals surface area contributed by atoms with Crippen molar-refractivity contribution < 1.29 is 14.3 Å². The number of hydrogen-bond acceptors (Lipinski definition) is 3. The van der Waals surface area contributed by atoms with Gasteiger partial charge in [-0.05, 0) is 40.0 Å². The number of H-pyrrole nitrogens is 1.